The van der Waals surface area contributed by atoms with Crippen LogP contribution in [0.3, 0.4) is 0 Å². The molecule has 1 amide bonds. The molecule has 1 aromatic carbocycles. The van der Waals surface area contributed by atoms with E-state index in [0.717, 1.165) is 5.69 Å². The molecule has 8 heteroatoms. The number of anilines is 1. The predicted octanol–water partition coefficient (Wildman–Crippen LogP) is 3.51. The Balaban J connectivity index is 1.75. The number of esters is 1. The topological polar surface area (TPSA) is 90.3 Å². The Hall–Kier alpha value is -3.26. The van der Waals surface area contributed by atoms with Gasteiger partial charge in [-0.2, -0.15) is 5.10 Å². The van der Waals surface area contributed by atoms with Crippen LogP contribution in [0.5, 0.6) is 0 Å². The summed E-state index contributed by atoms with van der Waals surface area (Å²) in [6.45, 7) is 5.10. The molecule has 0 aliphatic rings. The van der Waals surface area contributed by atoms with Crippen LogP contribution >= 0.6 is 11.3 Å². The Bertz CT molecular complexity index is 1070. The molecule has 1 N–H and O–H groups in total. The number of thiophene rings is 1. The van der Waals surface area contributed by atoms with Crippen LogP contribution in [0.1, 0.15) is 43.9 Å². The first-order valence-electron chi connectivity index (χ1n) is 8.99. The molecular weight excluding hydrogens is 390 g/mol. The van der Waals surface area contributed by atoms with Gasteiger partial charge in [0.15, 0.2) is 6.10 Å². The Morgan fingerprint density at radius 3 is 2.38 bits per heavy atom. The molecule has 3 aromatic rings. The van der Waals surface area contributed by atoms with Crippen molar-refractivity contribution < 1.29 is 19.1 Å². The maximum absolute atomic E-state index is 12.7. The molecule has 0 unspecified atom stereocenters. The van der Waals surface area contributed by atoms with Crippen LogP contribution in [0.4, 0.5) is 5.69 Å². The van der Waals surface area contributed by atoms with Crippen LogP contribution in [0.2, 0.25) is 0 Å². The lowest BCUT2D eigenvalue weighted by Crippen LogP contribution is -2.30. The van der Waals surface area contributed by atoms with Crippen LogP contribution in [0.25, 0.3) is 0 Å². The molecule has 2 aromatic heterocycles. The fourth-order valence-corrected chi connectivity index (χ4v) is 3.53. The maximum atomic E-state index is 12.7. The van der Waals surface area contributed by atoms with Crippen molar-refractivity contribution in [2.75, 3.05) is 5.32 Å². The van der Waals surface area contributed by atoms with Gasteiger partial charge in [-0.1, -0.05) is 24.3 Å². The number of carbonyl (C=O) groups excluding carboxylic acids is 3. The van der Waals surface area contributed by atoms with Crippen molar-refractivity contribution in [1.29, 1.82) is 0 Å². The van der Waals surface area contributed by atoms with E-state index < -0.39 is 18.0 Å². The predicted molar refractivity (Wildman–Crippen MR) is 110 cm³/mol. The molecule has 0 fully saturated rings. The smallest absolute Gasteiger partial charge is 0.339 e. The normalized spacial score (nSPS) is 11.7. The summed E-state index contributed by atoms with van der Waals surface area (Å²) >= 11 is 1.30. The van der Waals surface area contributed by atoms with Gasteiger partial charge in [0.1, 0.15) is 0 Å². The molecule has 0 radical (unpaired) electrons. The molecule has 0 saturated heterocycles. The Labute approximate surface area is 172 Å². The Morgan fingerprint density at radius 1 is 1.10 bits per heavy atom. The number of aromatic nitrogens is 2. The lowest BCUT2D eigenvalue weighted by molar-refractivity contribution is -0.123. The van der Waals surface area contributed by atoms with Gasteiger partial charge in [0.05, 0.1) is 27.5 Å². The minimum Gasteiger partial charge on any atom is -0.449 e. The highest BCUT2D eigenvalue weighted by Crippen LogP contribution is 2.21. The van der Waals surface area contributed by atoms with E-state index in [1.807, 2.05) is 6.92 Å². The highest BCUT2D eigenvalue weighted by Gasteiger charge is 2.25. The third kappa shape index (κ3) is 4.27. The van der Waals surface area contributed by atoms with Crippen LogP contribution in [0, 0.1) is 13.8 Å². The van der Waals surface area contributed by atoms with Gasteiger partial charge >= 0.3 is 5.97 Å². The zero-order valence-electron chi connectivity index (χ0n) is 16.6. The van der Waals surface area contributed by atoms with E-state index >= 15 is 0 Å². The molecule has 2 heterocycles. The quantitative estimate of drug-likeness (QED) is 0.495. The average molecular weight is 411 g/mol. The van der Waals surface area contributed by atoms with Gasteiger partial charge in [0.2, 0.25) is 5.78 Å². The second-order valence-corrected chi connectivity index (χ2v) is 7.51. The summed E-state index contributed by atoms with van der Waals surface area (Å²) in [6.07, 6.45) is -1.05. The van der Waals surface area contributed by atoms with E-state index in [1.165, 1.54) is 24.3 Å². The minimum absolute atomic E-state index is 0.124. The zero-order valence-corrected chi connectivity index (χ0v) is 17.4. The van der Waals surface area contributed by atoms with Crippen molar-refractivity contribution in [3.05, 3.63) is 69.2 Å². The molecule has 0 saturated carbocycles. The third-order valence-electron chi connectivity index (χ3n) is 4.55. The number of carbonyl (C=O) groups is 3. The largest absolute Gasteiger partial charge is 0.449 e. The summed E-state index contributed by atoms with van der Waals surface area (Å²) in [7, 11) is 1.78. The number of aryl methyl sites for hydroxylation is 2. The summed E-state index contributed by atoms with van der Waals surface area (Å²) < 4.78 is 7.00. The van der Waals surface area contributed by atoms with Crippen LogP contribution in [-0.4, -0.2) is 33.5 Å². The Morgan fingerprint density at radius 2 is 1.79 bits per heavy atom. The van der Waals surface area contributed by atoms with E-state index in [2.05, 4.69) is 10.4 Å². The highest BCUT2D eigenvalue weighted by atomic mass is 32.1. The summed E-state index contributed by atoms with van der Waals surface area (Å²) in [5.41, 5.74) is 2.42. The first-order chi connectivity index (χ1) is 13.8. The van der Waals surface area contributed by atoms with Crippen molar-refractivity contribution >= 4 is 34.7 Å². The number of ketones is 1. The molecule has 0 aliphatic carbocycles. The third-order valence-corrected chi connectivity index (χ3v) is 5.42. The number of nitrogens with one attached hydrogen (secondary N) is 1. The van der Waals surface area contributed by atoms with E-state index in [0.29, 0.717) is 16.3 Å². The number of hydrogen-bond acceptors (Lipinski definition) is 6. The van der Waals surface area contributed by atoms with E-state index in [1.54, 1.807) is 54.4 Å². The van der Waals surface area contributed by atoms with Crippen molar-refractivity contribution in [2.24, 2.45) is 7.05 Å². The van der Waals surface area contributed by atoms with Crippen molar-refractivity contribution in [2.45, 2.75) is 26.9 Å². The number of rotatable bonds is 6. The lowest BCUT2D eigenvalue weighted by atomic mass is 10.0. The molecule has 1 atom stereocenters. The molecule has 3 rings (SSSR count). The van der Waals surface area contributed by atoms with Crippen LogP contribution in [0.15, 0.2) is 41.8 Å². The van der Waals surface area contributed by atoms with Gasteiger partial charge in [-0.25, -0.2) is 4.79 Å². The number of benzene rings is 1. The summed E-state index contributed by atoms with van der Waals surface area (Å²) in [5.74, 6) is -1.46. The van der Waals surface area contributed by atoms with Crippen LogP contribution < -0.4 is 5.32 Å². The standard InChI is InChI=1S/C21H21N3O4S/c1-12-18(13(2)24(4)23-12)22-20(26)14(3)28-21(27)16-9-6-5-8-15(16)19(25)17-10-7-11-29-17/h5-11,14H,1-4H3,(H,22,26)/t14-/m1/s1. The number of amides is 1. The van der Waals surface area contributed by atoms with Crippen molar-refractivity contribution in [3.8, 4) is 0 Å². The molecule has 0 spiro atoms. The van der Waals surface area contributed by atoms with Gasteiger partial charge in [0, 0.05) is 12.6 Å². The number of ether oxygens (including phenoxy) is 1. The number of nitrogens with zero attached hydrogens (tertiary/aromatic N) is 2. The number of hydrogen-bond donors (Lipinski definition) is 1. The van der Waals surface area contributed by atoms with Gasteiger partial charge in [0.25, 0.3) is 5.91 Å². The molecule has 7 nitrogen and oxygen atoms in total. The molecule has 150 valence electrons. The van der Waals surface area contributed by atoms with Gasteiger partial charge in [-0.15, -0.1) is 11.3 Å². The Kier molecular flexibility index (Phi) is 5.93. The van der Waals surface area contributed by atoms with Crippen LogP contribution in [-0.2, 0) is 16.6 Å². The summed E-state index contributed by atoms with van der Waals surface area (Å²) in [5, 5.41) is 8.79. The summed E-state index contributed by atoms with van der Waals surface area (Å²) in [4.78, 5) is 38.4. The fourth-order valence-electron chi connectivity index (χ4n) is 2.86. The van der Waals surface area contributed by atoms with Gasteiger partial charge < -0.3 is 10.1 Å². The second-order valence-electron chi connectivity index (χ2n) is 6.56. The maximum Gasteiger partial charge on any atom is 0.339 e. The average Bonchev–Trinajstić information content (AvgIpc) is 3.32. The van der Waals surface area contributed by atoms with E-state index in [-0.39, 0.29) is 16.9 Å². The van der Waals surface area contributed by atoms with Gasteiger partial charge in [-0.05, 0) is 38.3 Å². The monoisotopic (exact) mass is 411 g/mol. The van der Waals surface area contributed by atoms with E-state index in [9.17, 15) is 14.4 Å². The molecule has 0 aliphatic heterocycles. The first kappa shape index (κ1) is 20.5. The first-order valence-corrected chi connectivity index (χ1v) is 9.86. The second kappa shape index (κ2) is 8.40. The molecule has 29 heavy (non-hydrogen) atoms. The van der Waals surface area contributed by atoms with Crippen molar-refractivity contribution in [1.82, 2.24) is 9.78 Å². The summed E-state index contributed by atoms with van der Waals surface area (Å²) in [6, 6.07) is 9.89. The highest BCUT2D eigenvalue weighted by molar-refractivity contribution is 7.12. The minimum atomic E-state index is -1.05. The van der Waals surface area contributed by atoms with E-state index in [4.69, 9.17) is 4.74 Å². The van der Waals surface area contributed by atoms with Crippen molar-refractivity contribution in [3.63, 3.8) is 0 Å². The lowest BCUT2D eigenvalue weighted by Gasteiger charge is -2.15. The molecular formula is C21H21N3O4S. The fraction of sp³-hybridized carbons (Fsp3) is 0.238. The van der Waals surface area contributed by atoms with Gasteiger partial charge in [-0.3, -0.25) is 14.3 Å². The SMILES string of the molecule is Cc1nn(C)c(C)c1NC(=O)[C@@H](C)OC(=O)c1ccccc1C(=O)c1cccs1. The molecule has 0 bridgehead atoms. The zero-order chi connectivity index (χ0) is 21.1.